The molecule has 1 saturated heterocycles. The van der Waals surface area contributed by atoms with Gasteiger partial charge in [0.05, 0.1) is 20.0 Å². The molecule has 10 heteroatoms. The van der Waals surface area contributed by atoms with Crippen molar-refractivity contribution in [2.75, 3.05) is 12.5 Å². The molecule has 0 spiro atoms. The molecule has 8 nitrogen and oxygen atoms in total. The summed E-state index contributed by atoms with van der Waals surface area (Å²) in [6.45, 7) is -1.11. The van der Waals surface area contributed by atoms with Crippen LogP contribution in [0.4, 0.5) is 0 Å². The summed E-state index contributed by atoms with van der Waals surface area (Å²) in [6, 6.07) is 0. The Morgan fingerprint density at radius 2 is 2.12 bits per heavy atom. The van der Waals surface area contributed by atoms with E-state index in [0.717, 1.165) is 0 Å². The first-order valence-electron chi connectivity index (χ1n) is 4.67. The van der Waals surface area contributed by atoms with E-state index >= 15 is 0 Å². The van der Waals surface area contributed by atoms with Crippen LogP contribution in [0.25, 0.3) is 0 Å². The van der Waals surface area contributed by atoms with Crippen molar-refractivity contribution in [2.24, 2.45) is 0 Å². The van der Waals surface area contributed by atoms with Gasteiger partial charge in [-0.25, -0.2) is 0 Å². The van der Waals surface area contributed by atoms with Gasteiger partial charge in [-0.3, -0.25) is 0 Å². The molecule has 102 valence electrons. The lowest BCUT2D eigenvalue weighted by molar-refractivity contribution is -0.363. The van der Waals surface area contributed by atoms with E-state index < -0.39 is 38.5 Å². The van der Waals surface area contributed by atoms with Crippen LogP contribution < -0.4 is 9.79 Å². The Bertz CT molecular complexity index is 308. The molecular weight excluding hydrogens is 278 g/mol. The predicted molar refractivity (Wildman–Crippen MR) is 50.7 cm³/mol. The van der Waals surface area contributed by atoms with E-state index in [0.29, 0.717) is 0 Å². The largest absolute Gasteiger partial charge is 0.790 e. The lowest BCUT2D eigenvalue weighted by atomic mass is 9.96. The molecule has 1 aliphatic heterocycles. The average Bonchev–Trinajstić information content (AvgIpc) is 2.22. The molecule has 1 rings (SSSR count). The number of hydrogen-bond donors (Lipinski definition) is 3. The van der Waals surface area contributed by atoms with E-state index in [1.807, 2.05) is 0 Å². The molecule has 3 N–H and O–H groups in total. The molecule has 0 aromatic rings. The Hall–Kier alpha value is 0.240. The summed E-state index contributed by atoms with van der Waals surface area (Å²) in [4.78, 5) is 20.5. The maximum absolute atomic E-state index is 10.3. The van der Waals surface area contributed by atoms with Crippen molar-refractivity contribution in [3.63, 3.8) is 0 Å². The van der Waals surface area contributed by atoms with Crippen molar-refractivity contribution >= 4 is 19.4 Å². The molecule has 1 heterocycles. The van der Waals surface area contributed by atoms with Crippen LogP contribution in [0, 0.1) is 0 Å². The number of aliphatic hydroxyl groups excluding tert-OH is 2. The van der Waals surface area contributed by atoms with E-state index in [4.69, 9.17) is 16.3 Å². The first-order chi connectivity index (χ1) is 7.68. The fourth-order valence-electron chi connectivity index (χ4n) is 1.49. The standard InChI is InChI=1S/C7H14ClO8P/c8-2-4-1-5(9)6(10)7(11,16-4)3-15-17(12,13)14/h4-6,9-11H,1-3H2,(H2,12,13,14)/p-2/t4?,5?,6?,7-/m0/s1. The summed E-state index contributed by atoms with van der Waals surface area (Å²) in [5.74, 6) is -2.57. The molecule has 0 aliphatic carbocycles. The van der Waals surface area contributed by atoms with Gasteiger partial charge in [0.15, 0.2) is 0 Å². The minimum absolute atomic E-state index is 0.0284. The molecule has 0 amide bonds. The number of ether oxygens (including phenoxy) is 1. The lowest BCUT2D eigenvalue weighted by Crippen LogP contribution is -2.60. The van der Waals surface area contributed by atoms with Crippen LogP contribution in [0.3, 0.4) is 0 Å². The van der Waals surface area contributed by atoms with Crippen LogP contribution in [0.2, 0.25) is 0 Å². The maximum atomic E-state index is 10.3. The summed E-state index contributed by atoms with van der Waals surface area (Å²) in [6.07, 6.45) is -3.98. The molecule has 0 bridgehead atoms. The second kappa shape index (κ2) is 5.48. The van der Waals surface area contributed by atoms with Gasteiger partial charge in [0, 0.05) is 12.3 Å². The minimum atomic E-state index is -5.32. The van der Waals surface area contributed by atoms with Gasteiger partial charge in [-0.05, 0) is 0 Å². The molecule has 0 aromatic carbocycles. The van der Waals surface area contributed by atoms with Crippen molar-refractivity contribution < 1.29 is 38.9 Å². The average molecular weight is 291 g/mol. The van der Waals surface area contributed by atoms with Crippen molar-refractivity contribution in [3.05, 3.63) is 0 Å². The Morgan fingerprint density at radius 3 is 2.59 bits per heavy atom. The van der Waals surface area contributed by atoms with Gasteiger partial charge in [0.25, 0.3) is 0 Å². The predicted octanol–water partition coefficient (Wildman–Crippen LogP) is -2.73. The first-order valence-corrected chi connectivity index (χ1v) is 6.66. The van der Waals surface area contributed by atoms with Crippen molar-refractivity contribution in [3.8, 4) is 0 Å². The maximum Gasteiger partial charge on any atom is 0.219 e. The zero-order valence-corrected chi connectivity index (χ0v) is 10.2. The second-order valence-corrected chi connectivity index (χ2v) is 5.17. The van der Waals surface area contributed by atoms with Crippen molar-refractivity contribution in [2.45, 2.75) is 30.5 Å². The Labute approximate surface area is 102 Å². The molecule has 1 fully saturated rings. The molecule has 0 aromatic heterocycles. The molecule has 0 radical (unpaired) electrons. The van der Waals surface area contributed by atoms with Gasteiger partial charge in [0.1, 0.15) is 12.7 Å². The van der Waals surface area contributed by atoms with Gasteiger partial charge < -0.3 is 38.9 Å². The highest BCUT2D eigenvalue weighted by atomic mass is 35.5. The van der Waals surface area contributed by atoms with E-state index in [-0.39, 0.29) is 12.3 Å². The number of aliphatic hydroxyl groups is 3. The highest BCUT2D eigenvalue weighted by Crippen LogP contribution is 2.33. The van der Waals surface area contributed by atoms with E-state index in [1.54, 1.807) is 0 Å². The zero-order chi connectivity index (χ0) is 13.3. The van der Waals surface area contributed by atoms with E-state index in [1.165, 1.54) is 0 Å². The summed E-state index contributed by atoms with van der Waals surface area (Å²) < 4.78 is 19.0. The molecular formula is C7H12ClO8P-2. The number of halogens is 1. The second-order valence-electron chi connectivity index (χ2n) is 3.71. The zero-order valence-electron chi connectivity index (χ0n) is 8.56. The highest BCUT2D eigenvalue weighted by Gasteiger charge is 2.48. The van der Waals surface area contributed by atoms with Gasteiger partial charge >= 0.3 is 0 Å². The van der Waals surface area contributed by atoms with E-state index in [9.17, 15) is 29.7 Å². The summed E-state index contributed by atoms with van der Waals surface area (Å²) >= 11 is 5.46. The fraction of sp³-hybridized carbons (Fsp3) is 1.00. The van der Waals surface area contributed by atoms with Gasteiger partial charge in [-0.2, -0.15) is 0 Å². The van der Waals surface area contributed by atoms with Gasteiger partial charge in [-0.1, -0.05) is 0 Å². The number of rotatable bonds is 4. The van der Waals surface area contributed by atoms with Crippen molar-refractivity contribution in [1.82, 2.24) is 0 Å². The minimum Gasteiger partial charge on any atom is -0.790 e. The molecule has 0 saturated carbocycles. The Morgan fingerprint density at radius 1 is 1.53 bits per heavy atom. The number of phosphoric acid groups is 1. The summed E-state index contributed by atoms with van der Waals surface area (Å²) in [7, 11) is -5.32. The SMILES string of the molecule is O=P([O-])([O-])OC[C@]1(O)OC(CCl)CC(O)C1O. The number of phosphoric ester groups is 1. The molecule has 1 aliphatic rings. The quantitative estimate of drug-likeness (QED) is 0.374. The number of hydrogen-bond acceptors (Lipinski definition) is 8. The van der Waals surface area contributed by atoms with Crippen LogP contribution in [0.1, 0.15) is 6.42 Å². The third-order valence-electron chi connectivity index (χ3n) is 2.30. The van der Waals surface area contributed by atoms with Gasteiger partial charge in [0.2, 0.25) is 5.79 Å². The molecule has 17 heavy (non-hydrogen) atoms. The Balaban J connectivity index is 2.72. The van der Waals surface area contributed by atoms with Crippen LogP contribution >= 0.6 is 19.4 Å². The van der Waals surface area contributed by atoms with E-state index in [2.05, 4.69) is 4.52 Å². The van der Waals surface area contributed by atoms with Gasteiger partial charge in [-0.15, -0.1) is 11.6 Å². The van der Waals surface area contributed by atoms with Crippen LogP contribution in [-0.2, 0) is 13.8 Å². The fourth-order valence-corrected chi connectivity index (χ4v) is 2.02. The monoisotopic (exact) mass is 290 g/mol. The smallest absolute Gasteiger partial charge is 0.219 e. The van der Waals surface area contributed by atoms with Crippen molar-refractivity contribution in [1.29, 1.82) is 0 Å². The highest BCUT2D eigenvalue weighted by molar-refractivity contribution is 7.43. The third kappa shape index (κ3) is 4.13. The molecule has 3 unspecified atom stereocenters. The van der Waals surface area contributed by atoms with Crippen LogP contribution in [-0.4, -0.2) is 51.9 Å². The van der Waals surface area contributed by atoms with Crippen LogP contribution in [0.5, 0.6) is 0 Å². The lowest BCUT2D eigenvalue weighted by Gasteiger charge is -2.44. The molecule has 4 atom stereocenters. The summed E-state index contributed by atoms with van der Waals surface area (Å²) in [5, 5.41) is 28.6. The third-order valence-corrected chi connectivity index (χ3v) is 3.09. The first kappa shape index (κ1) is 15.3. The summed E-state index contributed by atoms with van der Waals surface area (Å²) in [5.41, 5.74) is 0. The van der Waals surface area contributed by atoms with Crippen LogP contribution in [0.15, 0.2) is 0 Å². The normalized spacial score (nSPS) is 39.3. The number of alkyl halides is 1. The Kier molecular flexibility index (Phi) is 4.93. The topological polar surface area (TPSA) is 142 Å².